The molecule has 2 aliphatic rings. The molecule has 156 valence electrons. The molecule has 2 unspecified atom stereocenters. The average Bonchev–Trinajstić information content (AvgIpc) is 2.96. The van der Waals surface area contributed by atoms with Crippen LogP contribution in [0.3, 0.4) is 0 Å². The summed E-state index contributed by atoms with van der Waals surface area (Å²) in [5.41, 5.74) is 6.00. The summed E-state index contributed by atoms with van der Waals surface area (Å²) in [6.45, 7) is 0. The first-order valence-electron chi connectivity index (χ1n) is 10.4. The highest BCUT2D eigenvalue weighted by atomic mass is 79.9. The number of hydrogen-bond acceptors (Lipinski definition) is 4. The summed E-state index contributed by atoms with van der Waals surface area (Å²) in [6, 6.07) is 24.1. The lowest BCUT2D eigenvalue weighted by Crippen LogP contribution is -2.26. The fourth-order valence-corrected chi connectivity index (χ4v) is 4.98. The number of hydrogen-bond donors (Lipinski definition) is 2. The third-order valence-corrected chi connectivity index (χ3v) is 6.55. The highest BCUT2D eigenvalue weighted by Crippen LogP contribution is 2.44. The van der Waals surface area contributed by atoms with Crippen molar-refractivity contribution < 1.29 is 9.53 Å². The quantitative estimate of drug-likeness (QED) is 0.458. The van der Waals surface area contributed by atoms with E-state index in [1.165, 1.54) is 0 Å². The van der Waals surface area contributed by atoms with Crippen molar-refractivity contribution in [2.45, 2.75) is 24.8 Å². The second-order valence-corrected chi connectivity index (χ2v) is 8.92. The fourth-order valence-electron chi connectivity index (χ4n) is 4.56. The Labute approximate surface area is 190 Å². The van der Waals surface area contributed by atoms with E-state index in [0.717, 1.165) is 50.4 Å². The van der Waals surface area contributed by atoms with Gasteiger partial charge < -0.3 is 15.4 Å². The number of ketones is 1. The minimum absolute atomic E-state index is 0.113. The van der Waals surface area contributed by atoms with Crippen LogP contribution in [0.2, 0.25) is 0 Å². The normalized spacial score (nSPS) is 20.1. The van der Waals surface area contributed by atoms with Gasteiger partial charge in [-0.2, -0.15) is 0 Å². The Bertz CT molecular complexity index is 1190. The van der Waals surface area contributed by atoms with Crippen LogP contribution in [-0.4, -0.2) is 12.9 Å². The van der Waals surface area contributed by atoms with Crippen LogP contribution in [0, 0.1) is 0 Å². The van der Waals surface area contributed by atoms with Crippen LogP contribution >= 0.6 is 15.9 Å². The van der Waals surface area contributed by atoms with E-state index >= 15 is 0 Å². The molecule has 1 aliphatic heterocycles. The molecule has 5 rings (SSSR count). The SMILES string of the molecule is COc1cccc(C2CC(=O)C3=C(C2)Nc2ccccc2NC3c2cccc(Br)c2)c1. The van der Waals surface area contributed by atoms with Crippen molar-refractivity contribution in [3.8, 4) is 5.75 Å². The number of rotatable bonds is 3. The molecule has 5 heteroatoms. The maximum atomic E-state index is 13.6. The highest BCUT2D eigenvalue weighted by Gasteiger charge is 2.36. The van der Waals surface area contributed by atoms with Crippen molar-refractivity contribution in [3.63, 3.8) is 0 Å². The molecule has 0 radical (unpaired) electrons. The van der Waals surface area contributed by atoms with Crippen molar-refractivity contribution in [2.75, 3.05) is 17.7 Å². The molecule has 0 bridgehead atoms. The predicted octanol–water partition coefficient (Wildman–Crippen LogP) is 6.44. The monoisotopic (exact) mass is 474 g/mol. The molecule has 0 spiro atoms. The van der Waals surface area contributed by atoms with E-state index in [-0.39, 0.29) is 17.7 Å². The van der Waals surface area contributed by atoms with E-state index in [9.17, 15) is 4.79 Å². The van der Waals surface area contributed by atoms with Gasteiger partial charge in [0.05, 0.1) is 24.5 Å². The minimum atomic E-state index is -0.206. The molecule has 3 aromatic rings. The number of benzene rings is 3. The number of nitrogens with one attached hydrogen (secondary N) is 2. The van der Waals surface area contributed by atoms with E-state index < -0.39 is 0 Å². The van der Waals surface area contributed by atoms with E-state index in [4.69, 9.17) is 4.74 Å². The van der Waals surface area contributed by atoms with Gasteiger partial charge in [0.25, 0.3) is 0 Å². The van der Waals surface area contributed by atoms with Crippen LogP contribution < -0.4 is 15.4 Å². The maximum Gasteiger partial charge on any atom is 0.163 e. The van der Waals surface area contributed by atoms with E-state index in [1.807, 2.05) is 42.5 Å². The number of carbonyl (C=O) groups excluding carboxylic acids is 1. The van der Waals surface area contributed by atoms with Crippen molar-refractivity contribution in [1.82, 2.24) is 0 Å². The van der Waals surface area contributed by atoms with Crippen LogP contribution in [-0.2, 0) is 4.79 Å². The zero-order valence-corrected chi connectivity index (χ0v) is 18.8. The largest absolute Gasteiger partial charge is 0.497 e. The van der Waals surface area contributed by atoms with E-state index in [1.54, 1.807) is 7.11 Å². The Hall–Kier alpha value is -3.05. The number of carbonyl (C=O) groups is 1. The molecular formula is C26H23BrN2O2. The lowest BCUT2D eigenvalue weighted by Gasteiger charge is -2.30. The summed E-state index contributed by atoms with van der Waals surface area (Å²) in [5, 5.41) is 7.21. The first-order chi connectivity index (χ1) is 15.1. The molecule has 0 aromatic heterocycles. The lowest BCUT2D eigenvalue weighted by atomic mass is 9.78. The molecule has 4 nitrogen and oxygen atoms in total. The summed E-state index contributed by atoms with van der Waals surface area (Å²) >= 11 is 3.58. The standard InChI is InChI=1S/C26H23BrN2O2/c1-31-20-9-5-6-16(13-20)18-14-23-25(24(30)15-18)26(17-7-4-8-19(27)12-17)29-22-11-3-2-10-21(22)28-23/h2-13,18,26,28-29H,14-15H2,1H3. The van der Waals surface area contributed by atoms with Crippen LogP contribution in [0.25, 0.3) is 0 Å². The van der Waals surface area contributed by atoms with Crippen molar-refractivity contribution in [3.05, 3.63) is 99.7 Å². The molecule has 3 aromatic carbocycles. The molecule has 0 saturated heterocycles. The maximum absolute atomic E-state index is 13.6. The number of fused-ring (bicyclic) bond motifs is 1. The average molecular weight is 475 g/mol. The Morgan fingerprint density at radius 2 is 1.68 bits per heavy atom. The van der Waals surface area contributed by atoms with Crippen molar-refractivity contribution in [1.29, 1.82) is 0 Å². The molecule has 0 fully saturated rings. The predicted molar refractivity (Wildman–Crippen MR) is 128 cm³/mol. The Kier molecular flexibility index (Phi) is 5.28. The molecular weight excluding hydrogens is 452 g/mol. The number of halogens is 1. The van der Waals surface area contributed by atoms with Gasteiger partial charge in [-0.3, -0.25) is 4.79 Å². The van der Waals surface area contributed by atoms with E-state index in [0.29, 0.717) is 6.42 Å². The number of anilines is 2. The van der Waals surface area contributed by atoms with Gasteiger partial charge in [-0.15, -0.1) is 0 Å². The summed E-state index contributed by atoms with van der Waals surface area (Å²) in [7, 11) is 1.67. The summed E-state index contributed by atoms with van der Waals surface area (Å²) in [4.78, 5) is 13.6. The van der Waals surface area contributed by atoms with Gasteiger partial charge in [0.2, 0.25) is 0 Å². The molecule has 2 N–H and O–H groups in total. The summed E-state index contributed by atoms with van der Waals surface area (Å²) < 4.78 is 6.40. The molecule has 0 amide bonds. The zero-order chi connectivity index (χ0) is 21.4. The summed E-state index contributed by atoms with van der Waals surface area (Å²) in [5.74, 6) is 1.10. The molecule has 1 heterocycles. The molecule has 2 atom stereocenters. The third kappa shape index (κ3) is 3.86. The summed E-state index contributed by atoms with van der Waals surface area (Å²) in [6.07, 6.45) is 1.25. The Balaban J connectivity index is 1.60. The minimum Gasteiger partial charge on any atom is -0.497 e. The van der Waals surface area contributed by atoms with Gasteiger partial charge in [-0.1, -0.05) is 52.3 Å². The van der Waals surface area contributed by atoms with Crippen LogP contribution in [0.4, 0.5) is 11.4 Å². The topological polar surface area (TPSA) is 50.4 Å². The van der Waals surface area contributed by atoms with Gasteiger partial charge in [0, 0.05) is 22.2 Å². The first kappa shape index (κ1) is 19.9. The van der Waals surface area contributed by atoms with E-state index in [2.05, 4.69) is 56.9 Å². The number of para-hydroxylation sites is 2. The highest BCUT2D eigenvalue weighted by molar-refractivity contribution is 9.10. The molecule has 1 aliphatic carbocycles. The molecule has 0 saturated carbocycles. The van der Waals surface area contributed by atoms with Crippen molar-refractivity contribution in [2.24, 2.45) is 0 Å². The van der Waals surface area contributed by atoms with Crippen LogP contribution in [0.5, 0.6) is 5.75 Å². The van der Waals surface area contributed by atoms with Crippen LogP contribution in [0.15, 0.2) is 88.5 Å². The second kappa shape index (κ2) is 8.23. The lowest BCUT2D eigenvalue weighted by molar-refractivity contribution is -0.116. The number of allylic oxidation sites excluding steroid dienone is 1. The first-order valence-corrected chi connectivity index (χ1v) is 11.2. The van der Waals surface area contributed by atoms with Gasteiger partial charge in [0.1, 0.15) is 5.75 Å². The smallest absolute Gasteiger partial charge is 0.163 e. The van der Waals surface area contributed by atoms with Gasteiger partial charge in [-0.05, 0) is 59.9 Å². The Morgan fingerprint density at radius 1 is 0.903 bits per heavy atom. The van der Waals surface area contributed by atoms with Crippen molar-refractivity contribution >= 4 is 33.1 Å². The zero-order valence-electron chi connectivity index (χ0n) is 17.2. The van der Waals surface area contributed by atoms with Gasteiger partial charge in [-0.25, -0.2) is 0 Å². The number of ether oxygens (including phenoxy) is 1. The fraction of sp³-hybridized carbons (Fsp3) is 0.192. The van der Waals surface area contributed by atoms with Crippen LogP contribution in [0.1, 0.15) is 35.9 Å². The van der Waals surface area contributed by atoms with Gasteiger partial charge in [0.15, 0.2) is 5.78 Å². The number of Topliss-reactive ketones (excluding diaryl/α,β-unsaturated/α-hetero) is 1. The van der Waals surface area contributed by atoms with Gasteiger partial charge >= 0.3 is 0 Å². The Morgan fingerprint density at radius 3 is 2.48 bits per heavy atom. The number of methoxy groups -OCH3 is 1. The second-order valence-electron chi connectivity index (χ2n) is 8.00. The third-order valence-electron chi connectivity index (χ3n) is 6.06. The molecule has 31 heavy (non-hydrogen) atoms.